The summed E-state index contributed by atoms with van der Waals surface area (Å²) < 4.78 is 34.2. The van der Waals surface area contributed by atoms with E-state index in [-0.39, 0.29) is 57.1 Å². The monoisotopic (exact) mass is 805 g/mol. The van der Waals surface area contributed by atoms with E-state index < -0.39 is 25.0 Å². The lowest BCUT2D eigenvalue weighted by molar-refractivity contribution is -0.154. The summed E-state index contributed by atoms with van der Waals surface area (Å²) in [5, 5.41) is 0.210. The molecule has 1 unspecified atom stereocenters. The van der Waals surface area contributed by atoms with E-state index in [4.69, 9.17) is 22.8 Å². The second-order valence-electron chi connectivity index (χ2n) is 22.0. The van der Waals surface area contributed by atoms with E-state index in [1.165, 1.54) is 12.8 Å². The van der Waals surface area contributed by atoms with Crippen LogP contribution < -0.4 is 0 Å². The average molecular weight is 805 g/mol. The van der Waals surface area contributed by atoms with E-state index in [9.17, 15) is 4.79 Å². The fourth-order valence-corrected chi connectivity index (χ4v) is 15.6. The molecule has 1 heterocycles. The van der Waals surface area contributed by atoms with Crippen LogP contribution in [0.25, 0.3) is 0 Å². The minimum Gasteiger partial charge on any atom is -0.462 e. The van der Waals surface area contributed by atoms with Crippen LogP contribution in [0.3, 0.4) is 0 Å². The van der Waals surface area contributed by atoms with Crippen LogP contribution in [0, 0.1) is 17.3 Å². The number of rotatable bonds is 15. The summed E-state index contributed by atoms with van der Waals surface area (Å²) in [6.45, 7) is 43.7. The molecule has 0 radical (unpaired) electrons. The summed E-state index contributed by atoms with van der Waals surface area (Å²) in [5.41, 5.74) is 2.21. The highest BCUT2D eigenvalue weighted by Crippen LogP contribution is 2.60. The Hall–Kier alpha value is -0.559. The molecule has 4 aliphatic rings. The number of hydrogen-bond acceptors (Lipinski definition) is 6. The number of hydrogen-bond donors (Lipinski definition) is 0. The molecule has 0 amide bonds. The van der Waals surface area contributed by atoms with Crippen molar-refractivity contribution >= 4 is 30.9 Å². The first-order valence-corrected chi connectivity index (χ1v) is 30.3. The van der Waals surface area contributed by atoms with Gasteiger partial charge in [0.2, 0.25) is 0 Å². The minimum absolute atomic E-state index is 0.0625. The summed E-state index contributed by atoms with van der Waals surface area (Å²) in [6.07, 6.45) is 10.9. The molecule has 9 heteroatoms. The first-order chi connectivity index (χ1) is 24.6. The summed E-state index contributed by atoms with van der Waals surface area (Å²) in [7, 11) is -5.88. The molecule has 0 bridgehead atoms. The third-order valence-electron chi connectivity index (χ3n) is 15.8. The largest absolute Gasteiger partial charge is 0.462 e. The third-order valence-corrected chi connectivity index (χ3v) is 29.7. The predicted octanol–water partition coefficient (Wildman–Crippen LogP) is 12.9. The van der Waals surface area contributed by atoms with Gasteiger partial charge in [0, 0.05) is 25.2 Å². The van der Waals surface area contributed by atoms with Crippen molar-refractivity contribution in [1.29, 1.82) is 0 Å². The molecule has 1 spiro atoms. The van der Waals surface area contributed by atoms with Crippen LogP contribution in [0.1, 0.15) is 148 Å². The molecule has 4 fully saturated rings. The van der Waals surface area contributed by atoms with Crippen molar-refractivity contribution in [1.82, 2.24) is 0 Å². The standard InChI is InChI=1S/C45H84O6Si3/c1-19-54(20-2,21-3)51-43(12,13)28-26-40(46)47-33(5)35-24-25-36-34(23-22-27-44(35,36)14)29-39-45(48-39)30-37(49-52(15,16)41(6,7)8)32(4)38(31-45)50-53(17,18)42(9,10)11/h29,33,35-39H,4,19-28,30-31H2,1-3,5-18H3/t33-,35+,36-,37+,38+,39?,44+/m0/s1. The SMILES string of the molecule is C=C1[C@H](O[Si](C)(C)C(C)(C)C)CC2(C[C@H]1O[Si](C)(C)C(C)(C)C)OC2C=C1CCC[C@]2(C)[C@@H]([C@H](C)OC(=O)CCC(C)(C)O[Si](CC)(CC)CC)CC[C@@H]12. The molecule has 312 valence electrons. The molecule has 6 nitrogen and oxygen atoms in total. The van der Waals surface area contributed by atoms with Crippen LogP contribution in [0.15, 0.2) is 23.8 Å². The molecule has 54 heavy (non-hydrogen) atoms. The van der Waals surface area contributed by atoms with Crippen molar-refractivity contribution in [3.05, 3.63) is 23.8 Å². The maximum Gasteiger partial charge on any atom is 0.306 e. The number of carbonyl (C=O) groups is 1. The topological polar surface area (TPSA) is 66.5 Å². The number of fused-ring (bicyclic) bond motifs is 1. The molecule has 1 aliphatic heterocycles. The predicted molar refractivity (Wildman–Crippen MR) is 234 cm³/mol. The quantitative estimate of drug-likeness (QED) is 0.0711. The van der Waals surface area contributed by atoms with Gasteiger partial charge in [0.1, 0.15) is 17.8 Å². The molecule has 3 saturated carbocycles. The van der Waals surface area contributed by atoms with Gasteiger partial charge in [-0.25, -0.2) is 0 Å². The Labute approximate surface area is 336 Å². The van der Waals surface area contributed by atoms with E-state index in [1.807, 2.05) is 0 Å². The Morgan fingerprint density at radius 3 is 1.91 bits per heavy atom. The summed E-state index contributed by atoms with van der Waals surface area (Å²) >= 11 is 0. The lowest BCUT2D eigenvalue weighted by Gasteiger charge is -2.47. The molecule has 7 atom stereocenters. The van der Waals surface area contributed by atoms with Gasteiger partial charge in [-0.05, 0) is 131 Å². The van der Waals surface area contributed by atoms with Gasteiger partial charge in [0.15, 0.2) is 25.0 Å². The third kappa shape index (κ3) is 9.82. The highest BCUT2D eigenvalue weighted by molar-refractivity contribution is 6.74. The van der Waals surface area contributed by atoms with Crippen molar-refractivity contribution in [2.75, 3.05) is 0 Å². The van der Waals surface area contributed by atoms with Gasteiger partial charge in [-0.15, -0.1) is 0 Å². The van der Waals surface area contributed by atoms with Gasteiger partial charge >= 0.3 is 5.97 Å². The molecule has 0 aromatic rings. The zero-order valence-corrected chi connectivity index (χ0v) is 41.2. The zero-order chi connectivity index (χ0) is 40.9. The van der Waals surface area contributed by atoms with Crippen LogP contribution >= 0.6 is 0 Å². The van der Waals surface area contributed by atoms with Crippen molar-refractivity contribution < 1.29 is 27.5 Å². The Kier molecular flexibility index (Phi) is 13.9. The molecule has 1 saturated heterocycles. The van der Waals surface area contributed by atoms with E-state index in [0.717, 1.165) is 55.8 Å². The van der Waals surface area contributed by atoms with Crippen molar-refractivity contribution in [3.8, 4) is 0 Å². The minimum atomic E-state index is -2.06. The van der Waals surface area contributed by atoms with Crippen molar-refractivity contribution in [3.63, 3.8) is 0 Å². The van der Waals surface area contributed by atoms with Gasteiger partial charge < -0.3 is 22.8 Å². The van der Waals surface area contributed by atoms with Gasteiger partial charge in [-0.3, -0.25) is 4.79 Å². The van der Waals surface area contributed by atoms with Gasteiger partial charge in [-0.2, -0.15) is 0 Å². The summed E-state index contributed by atoms with van der Waals surface area (Å²) in [5.74, 6) is 0.778. The Morgan fingerprint density at radius 2 is 1.43 bits per heavy atom. The number of epoxide rings is 1. The number of carbonyl (C=O) groups excluding carboxylic acids is 1. The van der Waals surface area contributed by atoms with Crippen LogP contribution in [0.5, 0.6) is 0 Å². The smallest absolute Gasteiger partial charge is 0.306 e. The maximum absolute atomic E-state index is 13.3. The first-order valence-electron chi connectivity index (χ1n) is 21.9. The molecule has 4 rings (SSSR count). The summed E-state index contributed by atoms with van der Waals surface area (Å²) in [6, 6.07) is 3.35. The molecular weight excluding hydrogens is 721 g/mol. The van der Waals surface area contributed by atoms with Crippen LogP contribution in [0.2, 0.25) is 54.4 Å². The fraction of sp³-hybridized carbons (Fsp3) is 0.889. The summed E-state index contributed by atoms with van der Waals surface area (Å²) in [4.78, 5) is 13.3. The maximum atomic E-state index is 13.3. The highest BCUT2D eigenvalue weighted by Gasteiger charge is 2.63. The second-order valence-corrected chi connectivity index (χ2v) is 36.2. The Bertz CT molecular complexity index is 1320. The van der Waals surface area contributed by atoms with Crippen molar-refractivity contribution in [2.45, 2.75) is 238 Å². The number of ether oxygens (including phenoxy) is 2. The van der Waals surface area contributed by atoms with Crippen LogP contribution in [-0.4, -0.2) is 66.5 Å². The average Bonchev–Trinajstić information content (AvgIpc) is 3.55. The first kappa shape index (κ1) is 46.1. The van der Waals surface area contributed by atoms with E-state index in [0.29, 0.717) is 24.7 Å². The zero-order valence-electron chi connectivity index (χ0n) is 38.2. The van der Waals surface area contributed by atoms with E-state index in [2.05, 4.69) is 129 Å². The molecule has 0 N–H and O–H groups in total. The molecule has 0 aromatic carbocycles. The Morgan fingerprint density at radius 1 is 0.907 bits per heavy atom. The Balaban J connectivity index is 1.47. The van der Waals surface area contributed by atoms with Gasteiger partial charge in [0.25, 0.3) is 0 Å². The van der Waals surface area contributed by atoms with Gasteiger partial charge in [-0.1, -0.05) is 87.5 Å². The number of esters is 1. The highest BCUT2D eigenvalue weighted by atomic mass is 28.4. The van der Waals surface area contributed by atoms with Crippen LogP contribution in [0.4, 0.5) is 0 Å². The second kappa shape index (κ2) is 16.2. The van der Waals surface area contributed by atoms with E-state index >= 15 is 0 Å². The normalized spacial score (nSPS) is 32.6. The fourth-order valence-electron chi connectivity index (χ4n) is 9.81. The number of allylic oxidation sites excluding steroid dienone is 1. The van der Waals surface area contributed by atoms with Gasteiger partial charge in [0.05, 0.1) is 17.8 Å². The van der Waals surface area contributed by atoms with Crippen LogP contribution in [-0.2, 0) is 27.5 Å². The van der Waals surface area contributed by atoms with E-state index in [1.54, 1.807) is 5.57 Å². The van der Waals surface area contributed by atoms with Crippen molar-refractivity contribution in [2.24, 2.45) is 17.3 Å². The lowest BCUT2D eigenvalue weighted by atomic mass is 9.62. The molecule has 3 aliphatic carbocycles. The molecular formula is C45H84O6Si3. The lowest BCUT2D eigenvalue weighted by Crippen LogP contribution is -2.52. The molecule has 0 aromatic heterocycles.